The van der Waals surface area contributed by atoms with Gasteiger partial charge in [0.15, 0.2) is 0 Å². The van der Waals surface area contributed by atoms with E-state index in [2.05, 4.69) is 14.6 Å². The number of carbonyl (C=O) groups excluding carboxylic acids is 1. The Hall–Kier alpha value is -3.87. The second-order valence-corrected chi connectivity index (χ2v) is 7.51. The molecule has 1 atom stereocenters. The molecule has 35 heavy (non-hydrogen) atoms. The highest BCUT2D eigenvalue weighted by Crippen LogP contribution is 2.19. The van der Waals surface area contributed by atoms with Crippen LogP contribution in [0.4, 0.5) is 13.2 Å². The van der Waals surface area contributed by atoms with Gasteiger partial charge >= 0.3 is 12.1 Å². The number of methoxy groups -OCH3 is 1. The maximum Gasteiger partial charge on any atom is 0.490 e. The van der Waals surface area contributed by atoms with Crippen LogP contribution < -0.4 is 4.74 Å². The minimum Gasteiger partial charge on any atom is -0.475 e. The van der Waals surface area contributed by atoms with E-state index in [0.717, 1.165) is 5.69 Å². The van der Waals surface area contributed by atoms with E-state index >= 15 is 0 Å². The number of aliphatic carboxylic acids is 1. The van der Waals surface area contributed by atoms with E-state index in [0.29, 0.717) is 44.4 Å². The Bertz CT molecular complexity index is 1120. The SMILES string of the molecule is COCCn1ccc(C(=O)N2Cc3cccn3CC(Oc3ccccn3)C2)n1.O=C(O)C(F)(F)F. The first-order valence-electron chi connectivity index (χ1n) is 10.5. The molecule has 1 unspecified atom stereocenters. The summed E-state index contributed by atoms with van der Waals surface area (Å²) >= 11 is 0. The number of amides is 1. The van der Waals surface area contributed by atoms with Gasteiger partial charge in [-0.1, -0.05) is 6.07 Å². The number of carbonyl (C=O) groups is 2. The number of fused-ring (bicyclic) bond motifs is 1. The Balaban J connectivity index is 0.000000429. The molecule has 0 fully saturated rings. The molecule has 13 heteroatoms. The number of carboxylic acid groups (broad SMARTS) is 1. The van der Waals surface area contributed by atoms with Crippen LogP contribution in [0.25, 0.3) is 0 Å². The molecule has 4 heterocycles. The van der Waals surface area contributed by atoms with Crippen molar-refractivity contribution in [2.24, 2.45) is 0 Å². The summed E-state index contributed by atoms with van der Waals surface area (Å²) in [6.07, 6.45) is 0.220. The summed E-state index contributed by atoms with van der Waals surface area (Å²) in [5, 5.41) is 11.5. The highest BCUT2D eigenvalue weighted by Gasteiger charge is 2.38. The molecular weight excluding hydrogens is 471 g/mol. The largest absolute Gasteiger partial charge is 0.490 e. The summed E-state index contributed by atoms with van der Waals surface area (Å²) in [4.78, 5) is 28.0. The van der Waals surface area contributed by atoms with Crippen molar-refractivity contribution in [2.45, 2.75) is 31.9 Å². The molecule has 4 rings (SSSR count). The third kappa shape index (κ3) is 7.30. The van der Waals surface area contributed by atoms with E-state index < -0.39 is 12.1 Å². The zero-order valence-corrected chi connectivity index (χ0v) is 18.8. The third-order valence-corrected chi connectivity index (χ3v) is 4.94. The van der Waals surface area contributed by atoms with Crippen LogP contribution in [-0.2, 0) is 29.2 Å². The van der Waals surface area contributed by atoms with Crippen LogP contribution in [0.15, 0.2) is 55.0 Å². The number of halogens is 3. The number of ether oxygens (including phenoxy) is 2. The highest BCUT2D eigenvalue weighted by molar-refractivity contribution is 5.92. The third-order valence-electron chi connectivity index (χ3n) is 4.94. The van der Waals surface area contributed by atoms with E-state index in [1.165, 1.54) is 0 Å². The molecule has 0 saturated carbocycles. The Morgan fingerprint density at radius 3 is 2.57 bits per heavy atom. The minimum atomic E-state index is -5.08. The second kappa shape index (κ2) is 11.5. The molecule has 3 aromatic rings. The Morgan fingerprint density at radius 2 is 1.91 bits per heavy atom. The Labute approximate surface area is 198 Å². The molecule has 10 nitrogen and oxygen atoms in total. The van der Waals surface area contributed by atoms with Crippen molar-refractivity contribution in [2.75, 3.05) is 20.3 Å². The molecule has 0 radical (unpaired) electrons. The maximum absolute atomic E-state index is 13.1. The van der Waals surface area contributed by atoms with Gasteiger partial charge in [-0.15, -0.1) is 0 Å². The van der Waals surface area contributed by atoms with Crippen molar-refractivity contribution < 1.29 is 37.3 Å². The lowest BCUT2D eigenvalue weighted by molar-refractivity contribution is -0.192. The number of rotatable bonds is 6. The molecule has 1 N–H and O–H groups in total. The molecule has 0 saturated heterocycles. The monoisotopic (exact) mass is 495 g/mol. The predicted molar refractivity (Wildman–Crippen MR) is 116 cm³/mol. The molecular formula is C22H24F3N5O5. The number of nitrogens with zero attached hydrogens (tertiary/aromatic N) is 5. The van der Waals surface area contributed by atoms with Crippen LogP contribution in [0, 0.1) is 0 Å². The number of alkyl halides is 3. The first-order chi connectivity index (χ1) is 16.7. The number of hydrogen-bond donors (Lipinski definition) is 1. The molecule has 0 bridgehead atoms. The van der Waals surface area contributed by atoms with Crippen LogP contribution in [0.2, 0.25) is 0 Å². The number of carboxylic acids is 1. The fourth-order valence-corrected chi connectivity index (χ4v) is 3.32. The number of pyridine rings is 1. The zero-order chi connectivity index (χ0) is 25.4. The number of hydrogen-bond acceptors (Lipinski definition) is 6. The lowest BCUT2D eigenvalue weighted by Gasteiger charge is -2.24. The van der Waals surface area contributed by atoms with E-state index in [9.17, 15) is 18.0 Å². The molecule has 0 aliphatic carbocycles. The zero-order valence-electron chi connectivity index (χ0n) is 18.8. The maximum atomic E-state index is 13.1. The number of aromatic nitrogens is 4. The average molecular weight is 495 g/mol. The molecule has 1 aliphatic rings. The van der Waals surface area contributed by atoms with Crippen molar-refractivity contribution in [3.8, 4) is 5.88 Å². The van der Waals surface area contributed by atoms with Gasteiger partial charge < -0.3 is 24.0 Å². The predicted octanol–water partition coefficient (Wildman–Crippen LogP) is 2.46. The van der Waals surface area contributed by atoms with Gasteiger partial charge in [0.25, 0.3) is 5.91 Å². The minimum absolute atomic E-state index is 0.111. The quantitative estimate of drug-likeness (QED) is 0.559. The van der Waals surface area contributed by atoms with Gasteiger partial charge in [-0.3, -0.25) is 9.48 Å². The fourth-order valence-electron chi connectivity index (χ4n) is 3.32. The van der Waals surface area contributed by atoms with Gasteiger partial charge in [0.05, 0.1) is 32.8 Å². The summed E-state index contributed by atoms with van der Waals surface area (Å²) in [6.45, 7) is 2.79. The summed E-state index contributed by atoms with van der Waals surface area (Å²) in [5.41, 5.74) is 1.49. The summed E-state index contributed by atoms with van der Waals surface area (Å²) in [5.74, 6) is -2.31. The van der Waals surface area contributed by atoms with Crippen molar-refractivity contribution in [1.82, 2.24) is 24.2 Å². The molecule has 0 spiro atoms. The van der Waals surface area contributed by atoms with Crippen molar-refractivity contribution >= 4 is 11.9 Å². The Morgan fingerprint density at radius 1 is 1.14 bits per heavy atom. The normalized spacial score (nSPS) is 15.4. The highest BCUT2D eigenvalue weighted by atomic mass is 19.4. The standard InChI is InChI=1S/C20H23N5O3.C2HF3O2/c1-27-12-11-25-10-7-18(22-25)20(26)24-13-16-5-4-9-23(16)14-17(15-24)28-19-6-2-3-8-21-19;3-2(4,5)1(6)7/h2-10,17H,11-15H2,1H3;(H,6,7). The van der Waals surface area contributed by atoms with E-state index in [1.807, 2.05) is 36.5 Å². The topological polar surface area (TPSA) is 112 Å². The van der Waals surface area contributed by atoms with Gasteiger partial charge in [0.2, 0.25) is 5.88 Å². The van der Waals surface area contributed by atoms with Crippen molar-refractivity contribution in [1.29, 1.82) is 0 Å². The van der Waals surface area contributed by atoms with Crippen LogP contribution in [0.3, 0.4) is 0 Å². The van der Waals surface area contributed by atoms with Gasteiger partial charge in [-0.2, -0.15) is 18.3 Å². The van der Waals surface area contributed by atoms with Crippen molar-refractivity contribution in [3.63, 3.8) is 0 Å². The Kier molecular flexibility index (Phi) is 8.47. The van der Waals surface area contributed by atoms with Gasteiger partial charge in [-0.05, 0) is 24.3 Å². The molecule has 1 aliphatic heterocycles. The summed E-state index contributed by atoms with van der Waals surface area (Å²) in [6, 6.07) is 11.3. The van der Waals surface area contributed by atoms with Gasteiger partial charge in [0.1, 0.15) is 11.8 Å². The molecule has 3 aromatic heterocycles. The molecule has 1 amide bonds. The van der Waals surface area contributed by atoms with E-state index in [4.69, 9.17) is 19.4 Å². The lowest BCUT2D eigenvalue weighted by Crippen LogP contribution is -2.39. The second-order valence-electron chi connectivity index (χ2n) is 7.51. The van der Waals surface area contributed by atoms with Gasteiger partial charge in [-0.25, -0.2) is 9.78 Å². The lowest BCUT2D eigenvalue weighted by atomic mass is 10.3. The van der Waals surface area contributed by atoms with Crippen LogP contribution >= 0.6 is 0 Å². The fraction of sp³-hybridized carbons (Fsp3) is 0.364. The van der Waals surface area contributed by atoms with Crippen LogP contribution in [0.5, 0.6) is 5.88 Å². The average Bonchev–Trinajstić information content (AvgIpc) is 3.43. The molecule has 188 valence electrons. The summed E-state index contributed by atoms with van der Waals surface area (Å²) in [7, 11) is 1.64. The van der Waals surface area contributed by atoms with Crippen LogP contribution in [-0.4, -0.2) is 73.8 Å². The van der Waals surface area contributed by atoms with E-state index in [1.54, 1.807) is 35.2 Å². The van der Waals surface area contributed by atoms with Crippen LogP contribution in [0.1, 0.15) is 16.2 Å². The van der Waals surface area contributed by atoms with Gasteiger partial charge in [0, 0.05) is 37.5 Å². The first kappa shape index (κ1) is 25.7. The smallest absolute Gasteiger partial charge is 0.475 e. The summed E-state index contributed by atoms with van der Waals surface area (Å²) < 4.78 is 46.7. The van der Waals surface area contributed by atoms with Crippen molar-refractivity contribution in [3.05, 3.63) is 66.4 Å². The van der Waals surface area contributed by atoms with E-state index in [-0.39, 0.29) is 12.0 Å². The molecule has 0 aromatic carbocycles. The first-order valence-corrected chi connectivity index (χ1v) is 10.5.